The summed E-state index contributed by atoms with van der Waals surface area (Å²) in [6.07, 6.45) is 2.51. The molecule has 0 unspecified atom stereocenters. The predicted octanol–water partition coefficient (Wildman–Crippen LogP) is 1.95. The van der Waals surface area contributed by atoms with Crippen molar-refractivity contribution in [1.82, 2.24) is 15.1 Å². The fraction of sp³-hybridized carbons (Fsp3) is 0.333. The highest BCUT2D eigenvalue weighted by Gasteiger charge is 2.30. The van der Waals surface area contributed by atoms with E-state index in [1.807, 2.05) is 22.9 Å². The molecule has 19 heavy (non-hydrogen) atoms. The molecule has 0 radical (unpaired) electrons. The highest BCUT2D eigenvalue weighted by Crippen LogP contribution is 2.28. The van der Waals surface area contributed by atoms with E-state index < -0.39 is 0 Å². The lowest BCUT2D eigenvalue weighted by atomic mass is 9.93. The Balaban J connectivity index is 2.10. The third kappa shape index (κ3) is 1.84. The largest absolute Gasteiger partial charge is 0.352 e. The lowest BCUT2D eigenvalue weighted by Crippen LogP contribution is -2.36. The Labute approximate surface area is 112 Å². The van der Waals surface area contributed by atoms with E-state index in [0.29, 0.717) is 12.1 Å². The van der Waals surface area contributed by atoms with Crippen molar-refractivity contribution in [3.8, 4) is 0 Å². The molecule has 1 amide bonds. The van der Waals surface area contributed by atoms with E-state index in [4.69, 9.17) is 0 Å². The van der Waals surface area contributed by atoms with Crippen molar-refractivity contribution >= 4 is 5.91 Å². The summed E-state index contributed by atoms with van der Waals surface area (Å²) in [5.74, 6) is -0.0173. The summed E-state index contributed by atoms with van der Waals surface area (Å²) in [6.45, 7) is 4.94. The first-order valence-electron chi connectivity index (χ1n) is 6.52. The van der Waals surface area contributed by atoms with E-state index in [-0.39, 0.29) is 11.4 Å². The molecule has 0 aliphatic carbocycles. The summed E-state index contributed by atoms with van der Waals surface area (Å²) in [6, 6.07) is 10.2. The lowest BCUT2D eigenvalue weighted by Gasteiger charge is -2.29. The van der Waals surface area contributed by atoms with Crippen LogP contribution in [-0.2, 0) is 12.0 Å². The second kappa shape index (κ2) is 4.23. The van der Waals surface area contributed by atoms with Crippen LogP contribution in [0.15, 0.2) is 36.5 Å². The number of carbonyl (C=O) groups excluding carboxylic acids is 1. The number of benzene rings is 1. The van der Waals surface area contributed by atoms with Crippen molar-refractivity contribution in [3.63, 3.8) is 0 Å². The van der Waals surface area contributed by atoms with E-state index in [9.17, 15) is 4.79 Å². The van der Waals surface area contributed by atoms with Gasteiger partial charge in [-0.1, -0.05) is 30.3 Å². The highest BCUT2D eigenvalue weighted by atomic mass is 16.1. The molecule has 3 rings (SSSR count). The van der Waals surface area contributed by atoms with Gasteiger partial charge in [0.1, 0.15) is 0 Å². The zero-order valence-electron chi connectivity index (χ0n) is 11.2. The fourth-order valence-electron chi connectivity index (χ4n) is 2.64. The SMILES string of the molecule is CC(C)(c1ccccc1)n1ncc2c1CCNC2=O. The van der Waals surface area contributed by atoms with Crippen molar-refractivity contribution < 1.29 is 4.79 Å². The number of carbonyl (C=O) groups is 1. The maximum Gasteiger partial charge on any atom is 0.254 e. The maximum absolute atomic E-state index is 11.8. The van der Waals surface area contributed by atoms with E-state index in [0.717, 1.165) is 12.1 Å². The third-order valence-corrected chi connectivity index (χ3v) is 3.77. The van der Waals surface area contributed by atoms with Crippen molar-refractivity contribution in [3.05, 3.63) is 53.3 Å². The molecule has 0 saturated carbocycles. The molecule has 0 atom stereocenters. The van der Waals surface area contributed by atoms with Crippen LogP contribution < -0.4 is 5.32 Å². The van der Waals surface area contributed by atoms with Crippen LogP contribution in [0.2, 0.25) is 0 Å². The van der Waals surface area contributed by atoms with Crippen LogP contribution in [0, 0.1) is 0 Å². The van der Waals surface area contributed by atoms with Gasteiger partial charge in [-0.2, -0.15) is 5.10 Å². The zero-order valence-corrected chi connectivity index (χ0v) is 11.2. The standard InChI is InChI=1S/C15H17N3O/c1-15(2,11-6-4-3-5-7-11)18-13-8-9-16-14(19)12(13)10-17-18/h3-7,10H,8-9H2,1-2H3,(H,16,19). The molecule has 1 aliphatic heterocycles. The second-order valence-corrected chi connectivity index (χ2v) is 5.35. The van der Waals surface area contributed by atoms with Gasteiger partial charge in [0, 0.05) is 13.0 Å². The van der Waals surface area contributed by atoms with Gasteiger partial charge in [-0.3, -0.25) is 9.48 Å². The van der Waals surface area contributed by atoms with Gasteiger partial charge in [0.2, 0.25) is 0 Å². The highest BCUT2D eigenvalue weighted by molar-refractivity contribution is 5.96. The number of fused-ring (bicyclic) bond motifs is 1. The minimum Gasteiger partial charge on any atom is -0.352 e. The van der Waals surface area contributed by atoms with Gasteiger partial charge in [0.15, 0.2) is 0 Å². The van der Waals surface area contributed by atoms with Gasteiger partial charge < -0.3 is 5.32 Å². The van der Waals surface area contributed by atoms with E-state index in [1.165, 1.54) is 5.56 Å². The Bertz CT molecular complexity index is 614. The average molecular weight is 255 g/mol. The summed E-state index contributed by atoms with van der Waals surface area (Å²) >= 11 is 0. The van der Waals surface area contributed by atoms with Crippen LogP contribution in [0.25, 0.3) is 0 Å². The maximum atomic E-state index is 11.8. The molecular weight excluding hydrogens is 238 g/mol. The normalized spacial score (nSPS) is 14.9. The van der Waals surface area contributed by atoms with Gasteiger partial charge in [0.05, 0.1) is 23.0 Å². The van der Waals surface area contributed by atoms with Crippen LogP contribution >= 0.6 is 0 Å². The Kier molecular flexibility index (Phi) is 2.66. The average Bonchev–Trinajstić information content (AvgIpc) is 2.86. The van der Waals surface area contributed by atoms with E-state index in [2.05, 4.69) is 36.4 Å². The van der Waals surface area contributed by atoms with Crippen LogP contribution in [0.4, 0.5) is 0 Å². The summed E-state index contributed by atoms with van der Waals surface area (Å²) in [5.41, 5.74) is 2.66. The Morgan fingerprint density at radius 1 is 1.26 bits per heavy atom. The third-order valence-electron chi connectivity index (χ3n) is 3.77. The number of amides is 1. The molecule has 2 heterocycles. The molecule has 0 saturated heterocycles. The number of nitrogens with zero attached hydrogens (tertiary/aromatic N) is 2. The van der Waals surface area contributed by atoms with Gasteiger partial charge in [-0.15, -0.1) is 0 Å². The van der Waals surface area contributed by atoms with Crippen molar-refractivity contribution in [2.75, 3.05) is 6.54 Å². The van der Waals surface area contributed by atoms with Gasteiger partial charge >= 0.3 is 0 Å². The lowest BCUT2D eigenvalue weighted by molar-refractivity contribution is 0.0944. The number of nitrogens with one attached hydrogen (secondary N) is 1. The molecule has 98 valence electrons. The summed E-state index contributed by atoms with van der Waals surface area (Å²) < 4.78 is 1.98. The Morgan fingerprint density at radius 3 is 2.74 bits per heavy atom. The minimum atomic E-state index is -0.257. The molecule has 4 heteroatoms. The van der Waals surface area contributed by atoms with E-state index in [1.54, 1.807) is 6.20 Å². The summed E-state index contributed by atoms with van der Waals surface area (Å²) in [4.78, 5) is 11.8. The predicted molar refractivity (Wildman–Crippen MR) is 73.1 cm³/mol. The Hall–Kier alpha value is -2.10. The molecule has 2 aromatic rings. The topological polar surface area (TPSA) is 46.9 Å². The first kappa shape index (κ1) is 12.0. The number of hydrogen-bond donors (Lipinski definition) is 1. The van der Waals surface area contributed by atoms with Crippen LogP contribution in [-0.4, -0.2) is 22.2 Å². The summed E-state index contributed by atoms with van der Waals surface area (Å²) in [7, 11) is 0. The molecule has 1 aromatic carbocycles. The molecule has 0 spiro atoms. The van der Waals surface area contributed by atoms with Crippen LogP contribution in [0.5, 0.6) is 0 Å². The summed E-state index contributed by atoms with van der Waals surface area (Å²) in [5, 5.41) is 7.30. The Morgan fingerprint density at radius 2 is 2.00 bits per heavy atom. The van der Waals surface area contributed by atoms with Gasteiger partial charge in [-0.05, 0) is 19.4 Å². The van der Waals surface area contributed by atoms with Crippen molar-refractivity contribution in [2.24, 2.45) is 0 Å². The molecule has 1 aromatic heterocycles. The second-order valence-electron chi connectivity index (χ2n) is 5.35. The molecule has 1 aliphatic rings. The van der Waals surface area contributed by atoms with Gasteiger partial charge in [0.25, 0.3) is 5.91 Å². The first-order chi connectivity index (χ1) is 9.10. The zero-order chi connectivity index (χ0) is 13.5. The smallest absolute Gasteiger partial charge is 0.254 e. The molecular formula is C15H17N3O. The van der Waals surface area contributed by atoms with Crippen LogP contribution in [0.1, 0.15) is 35.5 Å². The van der Waals surface area contributed by atoms with Crippen molar-refractivity contribution in [1.29, 1.82) is 0 Å². The number of hydrogen-bond acceptors (Lipinski definition) is 2. The number of rotatable bonds is 2. The van der Waals surface area contributed by atoms with Crippen LogP contribution in [0.3, 0.4) is 0 Å². The van der Waals surface area contributed by atoms with Crippen molar-refractivity contribution in [2.45, 2.75) is 25.8 Å². The monoisotopic (exact) mass is 255 g/mol. The quantitative estimate of drug-likeness (QED) is 0.891. The molecule has 4 nitrogen and oxygen atoms in total. The molecule has 1 N–H and O–H groups in total. The number of aromatic nitrogens is 2. The molecule has 0 fully saturated rings. The fourth-order valence-corrected chi connectivity index (χ4v) is 2.64. The molecule has 0 bridgehead atoms. The first-order valence-corrected chi connectivity index (χ1v) is 6.52. The van der Waals surface area contributed by atoms with Gasteiger partial charge in [-0.25, -0.2) is 0 Å². The minimum absolute atomic E-state index is 0.0173. The van der Waals surface area contributed by atoms with E-state index >= 15 is 0 Å².